The van der Waals surface area contributed by atoms with Crippen molar-refractivity contribution in [2.75, 3.05) is 5.32 Å². The van der Waals surface area contributed by atoms with Gasteiger partial charge < -0.3 is 10.6 Å². The summed E-state index contributed by atoms with van der Waals surface area (Å²) in [5, 5.41) is 8.44. The summed E-state index contributed by atoms with van der Waals surface area (Å²) in [5.41, 5.74) is 2.94. The highest BCUT2D eigenvalue weighted by molar-refractivity contribution is 7.14. The molecule has 0 radical (unpaired) electrons. The predicted octanol–water partition coefficient (Wildman–Crippen LogP) is 3.31. The number of rotatable bonds is 4. The Hall–Kier alpha value is -2.14. The highest BCUT2D eigenvalue weighted by Crippen LogP contribution is 2.35. The van der Waals surface area contributed by atoms with E-state index >= 15 is 0 Å². The molecule has 1 fully saturated rings. The van der Waals surface area contributed by atoms with Gasteiger partial charge in [0.05, 0.1) is 11.5 Å². The second-order valence-corrected chi connectivity index (χ2v) is 7.11. The van der Waals surface area contributed by atoms with Crippen LogP contribution in [0.4, 0.5) is 5.00 Å². The largest absolute Gasteiger partial charge is 0.349 e. The number of hydrogen-bond acceptors (Lipinski definition) is 3. The Kier molecular flexibility index (Phi) is 3.65. The molecular weight excluding hydrogens is 308 g/mol. The summed E-state index contributed by atoms with van der Waals surface area (Å²) in [6, 6.07) is 10.2. The summed E-state index contributed by atoms with van der Waals surface area (Å²) >= 11 is 1.40. The number of hydrogen-bond donors (Lipinski definition) is 2. The molecule has 2 aliphatic carbocycles. The summed E-state index contributed by atoms with van der Waals surface area (Å²) in [7, 11) is 0. The molecule has 0 unspecified atom stereocenters. The van der Waals surface area contributed by atoms with E-state index in [1.807, 2.05) is 23.6 Å². The third-order valence-electron chi connectivity index (χ3n) is 4.51. The molecule has 0 saturated heterocycles. The average Bonchev–Trinajstić information content (AvgIpc) is 3.09. The minimum Gasteiger partial charge on any atom is -0.349 e. The second-order valence-electron chi connectivity index (χ2n) is 6.19. The van der Waals surface area contributed by atoms with E-state index in [-0.39, 0.29) is 17.7 Å². The van der Waals surface area contributed by atoms with Crippen LogP contribution in [0.2, 0.25) is 0 Å². The SMILES string of the molecule is O=C(NC1CC1)c1ccsc1NC(=O)[C@H]1CCc2ccccc21. The van der Waals surface area contributed by atoms with E-state index in [1.165, 1.54) is 16.9 Å². The molecule has 118 valence electrons. The van der Waals surface area contributed by atoms with Crippen LogP contribution >= 0.6 is 11.3 Å². The Balaban J connectivity index is 1.49. The van der Waals surface area contributed by atoms with Crippen molar-refractivity contribution >= 4 is 28.2 Å². The lowest BCUT2D eigenvalue weighted by Gasteiger charge is -2.12. The Morgan fingerprint density at radius 1 is 1.09 bits per heavy atom. The molecular formula is C18H18N2O2S. The van der Waals surface area contributed by atoms with Crippen LogP contribution in [0.5, 0.6) is 0 Å². The number of anilines is 1. The molecule has 0 spiro atoms. The molecule has 1 atom stereocenters. The number of fused-ring (bicyclic) bond motifs is 1. The van der Waals surface area contributed by atoms with Crippen LogP contribution in [0.3, 0.4) is 0 Å². The van der Waals surface area contributed by atoms with Crippen molar-refractivity contribution in [1.82, 2.24) is 5.32 Å². The summed E-state index contributed by atoms with van der Waals surface area (Å²) < 4.78 is 0. The van der Waals surface area contributed by atoms with Crippen LogP contribution in [-0.2, 0) is 11.2 Å². The minimum absolute atomic E-state index is 0.0159. The number of nitrogens with one attached hydrogen (secondary N) is 2. The number of amides is 2. The van der Waals surface area contributed by atoms with Crippen molar-refractivity contribution in [2.24, 2.45) is 0 Å². The molecule has 2 N–H and O–H groups in total. The number of benzene rings is 1. The molecule has 1 saturated carbocycles. The molecule has 2 aliphatic rings. The summed E-state index contributed by atoms with van der Waals surface area (Å²) in [6.07, 6.45) is 3.88. The van der Waals surface area contributed by atoms with Crippen molar-refractivity contribution in [2.45, 2.75) is 37.6 Å². The van der Waals surface area contributed by atoms with Crippen molar-refractivity contribution in [3.63, 3.8) is 0 Å². The number of aryl methyl sites for hydroxylation is 1. The third-order valence-corrected chi connectivity index (χ3v) is 5.34. The van der Waals surface area contributed by atoms with Gasteiger partial charge >= 0.3 is 0 Å². The Labute approximate surface area is 138 Å². The molecule has 0 bridgehead atoms. The molecule has 1 heterocycles. The molecule has 5 heteroatoms. The van der Waals surface area contributed by atoms with Gasteiger partial charge in [-0.1, -0.05) is 24.3 Å². The third kappa shape index (κ3) is 2.88. The van der Waals surface area contributed by atoms with Gasteiger partial charge in [-0.25, -0.2) is 0 Å². The van der Waals surface area contributed by atoms with Crippen molar-refractivity contribution in [1.29, 1.82) is 0 Å². The zero-order valence-electron chi connectivity index (χ0n) is 12.7. The molecule has 1 aromatic carbocycles. The molecule has 0 aliphatic heterocycles. The fourth-order valence-electron chi connectivity index (χ4n) is 3.10. The average molecular weight is 326 g/mol. The lowest BCUT2D eigenvalue weighted by atomic mass is 10.0. The van der Waals surface area contributed by atoms with E-state index in [2.05, 4.69) is 16.7 Å². The van der Waals surface area contributed by atoms with E-state index in [4.69, 9.17) is 0 Å². The topological polar surface area (TPSA) is 58.2 Å². The summed E-state index contributed by atoms with van der Waals surface area (Å²) in [4.78, 5) is 24.9. The standard InChI is InChI=1S/C18H18N2O2S/c21-16(14-8-5-11-3-1-2-4-13(11)14)20-18-15(9-10-23-18)17(22)19-12-6-7-12/h1-4,9-10,12,14H,5-8H2,(H,19,22)(H,20,21)/t14-/m0/s1. The van der Waals surface area contributed by atoms with Crippen molar-refractivity contribution < 1.29 is 9.59 Å². The summed E-state index contributed by atoms with van der Waals surface area (Å²) in [6.45, 7) is 0. The molecule has 2 amide bonds. The highest BCUT2D eigenvalue weighted by Gasteiger charge is 2.30. The molecule has 4 nitrogen and oxygen atoms in total. The van der Waals surface area contributed by atoms with Gasteiger partial charge in [-0.3, -0.25) is 9.59 Å². The van der Waals surface area contributed by atoms with Crippen LogP contribution in [-0.4, -0.2) is 17.9 Å². The Morgan fingerprint density at radius 3 is 2.74 bits per heavy atom. The van der Waals surface area contributed by atoms with Gasteiger partial charge in [0.1, 0.15) is 5.00 Å². The first kappa shape index (κ1) is 14.5. The van der Waals surface area contributed by atoms with E-state index in [0.717, 1.165) is 31.2 Å². The van der Waals surface area contributed by atoms with Crippen molar-refractivity contribution in [3.05, 3.63) is 52.4 Å². The smallest absolute Gasteiger partial charge is 0.254 e. The Bertz CT molecular complexity index is 764. The Morgan fingerprint density at radius 2 is 1.91 bits per heavy atom. The van der Waals surface area contributed by atoms with Crippen LogP contribution in [0.15, 0.2) is 35.7 Å². The first-order valence-corrected chi connectivity index (χ1v) is 8.87. The maximum absolute atomic E-state index is 12.6. The fraction of sp³-hybridized carbons (Fsp3) is 0.333. The fourth-order valence-corrected chi connectivity index (χ4v) is 3.89. The lowest BCUT2D eigenvalue weighted by molar-refractivity contribution is -0.117. The van der Waals surface area contributed by atoms with E-state index < -0.39 is 0 Å². The second kappa shape index (κ2) is 5.81. The van der Waals surface area contributed by atoms with E-state index in [1.54, 1.807) is 6.07 Å². The van der Waals surface area contributed by atoms with Gasteiger partial charge in [-0.2, -0.15) is 0 Å². The first-order valence-electron chi connectivity index (χ1n) is 7.99. The van der Waals surface area contributed by atoms with Gasteiger partial charge in [-0.05, 0) is 48.3 Å². The maximum Gasteiger partial charge on any atom is 0.254 e. The van der Waals surface area contributed by atoms with Gasteiger partial charge in [0.15, 0.2) is 0 Å². The zero-order valence-corrected chi connectivity index (χ0v) is 13.5. The first-order chi connectivity index (χ1) is 11.2. The van der Waals surface area contributed by atoms with Crippen LogP contribution in [0, 0.1) is 0 Å². The van der Waals surface area contributed by atoms with E-state index in [9.17, 15) is 9.59 Å². The summed E-state index contributed by atoms with van der Waals surface area (Å²) in [5.74, 6) is -0.221. The number of thiophene rings is 1. The molecule has 2 aromatic rings. The normalized spacial score (nSPS) is 19.2. The van der Waals surface area contributed by atoms with E-state index in [0.29, 0.717) is 16.6 Å². The minimum atomic E-state index is -0.118. The van der Waals surface area contributed by atoms with Crippen LogP contribution in [0.1, 0.15) is 46.7 Å². The molecule has 1 aromatic heterocycles. The predicted molar refractivity (Wildman–Crippen MR) is 90.9 cm³/mol. The van der Waals surface area contributed by atoms with Gasteiger partial charge in [-0.15, -0.1) is 11.3 Å². The lowest BCUT2D eigenvalue weighted by Crippen LogP contribution is -2.27. The molecule has 23 heavy (non-hydrogen) atoms. The van der Waals surface area contributed by atoms with Gasteiger partial charge in [0.25, 0.3) is 5.91 Å². The van der Waals surface area contributed by atoms with Gasteiger partial charge in [0.2, 0.25) is 5.91 Å². The highest BCUT2D eigenvalue weighted by atomic mass is 32.1. The maximum atomic E-state index is 12.6. The molecule has 4 rings (SSSR count). The quantitative estimate of drug-likeness (QED) is 0.905. The van der Waals surface area contributed by atoms with Gasteiger partial charge in [0, 0.05) is 6.04 Å². The monoisotopic (exact) mass is 326 g/mol. The number of carbonyl (C=O) groups is 2. The number of carbonyl (C=O) groups excluding carboxylic acids is 2. The van der Waals surface area contributed by atoms with Crippen molar-refractivity contribution in [3.8, 4) is 0 Å². The van der Waals surface area contributed by atoms with Crippen LogP contribution in [0.25, 0.3) is 0 Å². The zero-order chi connectivity index (χ0) is 15.8. The van der Waals surface area contributed by atoms with Crippen LogP contribution < -0.4 is 10.6 Å².